The second-order valence-electron chi connectivity index (χ2n) is 19.0. The van der Waals surface area contributed by atoms with Crippen LogP contribution in [0.4, 0.5) is 17.5 Å². The van der Waals surface area contributed by atoms with Crippen molar-refractivity contribution in [3.05, 3.63) is 74.8 Å². The van der Waals surface area contributed by atoms with Crippen LogP contribution >= 0.6 is 0 Å². The zero-order valence-electron chi connectivity index (χ0n) is 38.3. The molecule has 1 spiro atoms. The van der Waals surface area contributed by atoms with Crippen LogP contribution in [0, 0.1) is 6.92 Å². The molecule has 1 aliphatic carbocycles. The van der Waals surface area contributed by atoms with E-state index in [1.165, 1.54) is 6.92 Å². The molecule has 67 heavy (non-hydrogen) atoms. The van der Waals surface area contributed by atoms with Crippen molar-refractivity contribution >= 4 is 57.9 Å². The van der Waals surface area contributed by atoms with Gasteiger partial charge in [-0.25, -0.2) is 9.97 Å². The number of carbonyl (C=O) groups excluding carboxylic acids is 5. The number of aromatic nitrogens is 4. The molecule has 18 nitrogen and oxygen atoms in total. The van der Waals surface area contributed by atoms with Crippen molar-refractivity contribution in [3.63, 3.8) is 0 Å². The van der Waals surface area contributed by atoms with E-state index >= 15 is 0 Å². The van der Waals surface area contributed by atoms with Crippen LogP contribution in [0.5, 0.6) is 5.75 Å². The molecule has 5 aliphatic heterocycles. The molecule has 4 aromatic rings. The fraction of sp³-hybridized carbons (Fsp3) is 0.531. The average molecular weight is 915 g/mol. The van der Waals surface area contributed by atoms with Gasteiger partial charge in [0.25, 0.3) is 11.5 Å². The number of carbonyl (C=O) groups is 5. The van der Waals surface area contributed by atoms with Crippen LogP contribution in [0.15, 0.2) is 41.5 Å². The number of ketones is 1. The molecule has 10 rings (SSSR count). The largest absolute Gasteiger partial charge is 0.487 e. The molecule has 2 N–H and O–H groups in total. The maximum absolute atomic E-state index is 13.6. The van der Waals surface area contributed by atoms with E-state index in [1.807, 2.05) is 35.4 Å². The number of piperazine rings is 1. The Kier molecular flexibility index (Phi) is 12.3. The Morgan fingerprint density at radius 3 is 2.43 bits per heavy atom. The zero-order valence-corrected chi connectivity index (χ0v) is 38.3. The van der Waals surface area contributed by atoms with Crippen molar-refractivity contribution in [2.75, 3.05) is 69.2 Å². The molecule has 8 heterocycles. The maximum Gasteiger partial charge on any atom is 0.263 e. The highest BCUT2D eigenvalue weighted by Gasteiger charge is 2.43. The highest BCUT2D eigenvalue weighted by Crippen LogP contribution is 2.42. The third kappa shape index (κ3) is 8.88. The number of hydrogen-bond acceptors (Lipinski definition) is 14. The molecular weight excluding hydrogens is 857 g/mol. The van der Waals surface area contributed by atoms with E-state index in [9.17, 15) is 28.8 Å². The fourth-order valence-electron chi connectivity index (χ4n) is 11.0. The highest BCUT2D eigenvalue weighted by molar-refractivity contribution is 6.05. The number of benzene rings is 1. The molecule has 3 aromatic heterocycles. The normalized spacial score (nSPS) is 20.8. The molecule has 1 unspecified atom stereocenters. The number of nitrogens with zero attached hydrogens (tertiary/aromatic N) is 8. The number of aryl methyl sites for hydroxylation is 2. The van der Waals surface area contributed by atoms with Crippen LogP contribution < -0.4 is 25.8 Å². The van der Waals surface area contributed by atoms with E-state index in [1.54, 1.807) is 22.6 Å². The van der Waals surface area contributed by atoms with Gasteiger partial charge in [-0.2, -0.15) is 4.98 Å². The third-order valence-corrected chi connectivity index (χ3v) is 14.9. The van der Waals surface area contributed by atoms with Crippen molar-refractivity contribution < 1.29 is 33.4 Å². The molecule has 4 amide bonds. The quantitative estimate of drug-likeness (QED) is 0.116. The number of fused-ring (bicyclic) bond motifs is 3. The van der Waals surface area contributed by atoms with Crippen LogP contribution in [0.2, 0.25) is 0 Å². The zero-order chi connectivity index (χ0) is 46.4. The number of anilines is 3. The summed E-state index contributed by atoms with van der Waals surface area (Å²) in [4.78, 5) is 99.0. The van der Waals surface area contributed by atoms with Gasteiger partial charge in [0.15, 0.2) is 5.78 Å². The van der Waals surface area contributed by atoms with Crippen LogP contribution in [-0.2, 0) is 32.1 Å². The van der Waals surface area contributed by atoms with E-state index in [0.717, 1.165) is 88.1 Å². The number of ether oxygens (including phenoxy) is 2. The van der Waals surface area contributed by atoms with Crippen LogP contribution in [0.3, 0.4) is 0 Å². The van der Waals surface area contributed by atoms with Gasteiger partial charge in [0, 0.05) is 94.8 Å². The standard InChI is InChI=1S/C49H58N10O8/c1-30-37-28-51-48(54-44(37)59(34-5-3-4-6-34)47(65)43(30)31(2)60)52-40-9-7-35(27-50-40)56-20-18-55(19-21-56)22-24-66-23-12-42(62)57-16-14-49(15-17-57)13-11-32-25-33-29-58(38-8-10-41(61)53-45(38)63)46(64)36(33)26-39(32)67-49/h7,9,25-28,34,38H,3-6,8,10-24,29H2,1-2H3,(H,53,61,63)(H,50,51,52,54). The second kappa shape index (κ2) is 18.4. The first-order chi connectivity index (χ1) is 32.4. The Labute approximate surface area is 388 Å². The molecule has 352 valence electrons. The number of Topliss-reactive ketones (excluding diaryl/α,β-unsaturated/α-hetero) is 1. The topological polar surface area (TPSA) is 202 Å². The lowest BCUT2D eigenvalue weighted by Crippen LogP contribution is -2.52. The Hall–Kier alpha value is -6.27. The van der Waals surface area contributed by atoms with Gasteiger partial charge in [0.05, 0.1) is 37.1 Å². The number of pyridine rings is 2. The van der Waals surface area contributed by atoms with Gasteiger partial charge >= 0.3 is 0 Å². The predicted octanol–water partition coefficient (Wildman–Crippen LogP) is 4.23. The lowest BCUT2D eigenvalue weighted by atomic mass is 9.82. The number of amides is 4. The Morgan fingerprint density at radius 1 is 0.910 bits per heavy atom. The van der Waals surface area contributed by atoms with E-state index in [4.69, 9.17) is 14.5 Å². The molecule has 1 aromatic carbocycles. The van der Waals surface area contributed by atoms with E-state index in [-0.39, 0.29) is 52.7 Å². The molecule has 1 saturated carbocycles. The van der Waals surface area contributed by atoms with Crippen LogP contribution in [0.25, 0.3) is 11.0 Å². The lowest BCUT2D eigenvalue weighted by Gasteiger charge is -2.44. The van der Waals surface area contributed by atoms with Crippen molar-refractivity contribution in [3.8, 4) is 5.75 Å². The second-order valence-corrected chi connectivity index (χ2v) is 19.0. The first kappa shape index (κ1) is 44.6. The van der Waals surface area contributed by atoms with Gasteiger partial charge in [-0.15, -0.1) is 0 Å². The Balaban J connectivity index is 0.644. The summed E-state index contributed by atoms with van der Waals surface area (Å²) in [5.41, 5.74) is 4.21. The molecule has 4 fully saturated rings. The summed E-state index contributed by atoms with van der Waals surface area (Å²) < 4.78 is 14.3. The Bertz CT molecular complexity index is 2680. The summed E-state index contributed by atoms with van der Waals surface area (Å²) in [7, 11) is 0. The minimum atomic E-state index is -0.653. The molecule has 0 radical (unpaired) electrons. The van der Waals surface area contributed by atoms with Gasteiger partial charge in [0.1, 0.15) is 28.9 Å². The molecule has 3 saturated heterocycles. The van der Waals surface area contributed by atoms with E-state index < -0.39 is 11.9 Å². The molecule has 1 atom stereocenters. The summed E-state index contributed by atoms with van der Waals surface area (Å²) >= 11 is 0. The van der Waals surface area contributed by atoms with Crippen LogP contribution in [-0.4, -0.2) is 134 Å². The minimum Gasteiger partial charge on any atom is -0.487 e. The molecule has 0 bridgehead atoms. The first-order valence-corrected chi connectivity index (χ1v) is 23.9. The summed E-state index contributed by atoms with van der Waals surface area (Å²) in [5, 5.41) is 6.27. The van der Waals surface area contributed by atoms with E-state index in [2.05, 4.69) is 30.4 Å². The number of nitrogens with one attached hydrogen (secondary N) is 2. The summed E-state index contributed by atoms with van der Waals surface area (Å²) in [6, 6.07) is 7.15. The van der Waals surface area contributed by atoms with Crippen LogP contribution in [0.1, 0.15) is 115 Å². The average Bonchev–Trinajstić information content (AvgIpc) is 3.96. The fourth-order valence-corrected chi connectivity index (χ4v) is 11.0. The number of imide groups is 1. The lowest BCUT2D eigenvalue weighted by molar-refractivity contribution is -0.137. The van der Waals surface area contributed by atoms with E-state index in [0.29, 0.717) is 98.2 Å². The predicted molar refractivity (Wildman–Crippen MR) is 248 cm³/mol. The maximum atomic E-state index is 13.6. The molecular formula is C49H58N10O8. The highest BCUT2D eigenvalue weighted by atomic mass is 16.5. The number of likely N-dealkylation sites (tertiary alicyclic amines) is 1. The van der Waals surface area contributed by atoms with Crippen molar-refractivity contribution in [1.29, 1.82) is 0 Å². The third-order valence-electron chi connectivity index (χ3n) is 14.9. The number of rotatable bonds is 12. The van der Waals surface area contributed by atoms with Crippen molar-refractivity contribution in [2.24, 2.45) is 0 Å². The molecule has 6 aliphatic rings. The van der Waals surface area contributed by atoms with Gasteiger partial charge in [-0.1, -0.05) is 12.8 Å². The summed E-state index contributed by atoms with van der Waals surface area (Å²) in [5.74, 6) is 0.540. The Morgan fingerprint density at radius 2 is 1.70 bits per heavy atom. The van der Waals surface area contributed by atoms with Gasteiger partial charge in [-0.05, 0) is 86.9 Å². The minimum absolute atomic E-state index is 0.00295. The summed E-state index contributed by atoms with van der Waals surface area (Å²) in [6.07, 6.45) is 11.3. The number of hydrogen-bond donors (Lipinski definition) is 2. The van der Waals surface area contributed by atoms with Crippen molar-refractivity contribution in [2.45, 2.75) is 109 Å². The van der Waals surface area contributed by atoms with Crippen molar-refractivity contribution in [1.82, 2.24) is 39.5 Å². The monoisotopic (exact) mass is 914 g/mol. The molecule has 18 heteroatoms. The summed E-state index contributed by atoms with van der Waals surface area (Å²) in [6.45, 7) is 9.93. The SMILES string of the molecule is CC(=O)c1c(C)c2cnc(Nc3ccc(N4CCN(CCOCCC(=O)N5CCC6(CCc7cc8c(cc7O6)C(=O)N(C6CCC(=O)NC6=O)C8)CC5)CC4)cn3)nc2n(C2CCCC2)c1=O. The van der Waals surface area contributed by atoms with Gasteiger partial charge < -0.3 is 29.5 Å². The number of piperidine rings is 2. The van der Waals surface area contributed by atoms with Gasteiger partial charge in [0.2, 0.25) is 23.7 Å². The van der Waals surface area contributed by atoms with Gasteiger partial charge in [-0.3, -0.25) is 43.6 Å². The first-order valence-electron chi connectivity index (χ1n) is 23.9. The smallest absolute Gasteiger partial charge is 0.263 e.